The molecule has 0 aromatic carbocycles. The Morgan fingerprint density at radius 3 is 2.47 bits per heavy atom. The Bertz CT molecular complexity index is 366. The van der Waals surface area contributed by atoms with Crippen molar-refractivity contribution in [2.24, 2.45) is 0 Å². The minimum atomic E-state index is -0.982. The molecule has 5 nitrogen and oxygen atoms in total. The number of carboxylic acids is 1. The fourth-order valence-electron chi connectivity index (χ4n) is 3.54. The second-order valence-electron chi connectivity index (χ2n) is 5.78. The van der Waals surface area contributed by atoms with E-state index in [1.807, 2.05) is 14.0 Å². The third-order valence-electron chi connectivity index (χ3n) is 4.88. The molecule has 1 unspecified atom stereocenters. The van der Waals surface area contributed by atoms with Crippen LogP contribution in [-0.4, -0.2) is 52.1 Å². The first-order valence-electron chi connectivity index (χ1n) is 7.31. The molecule has 1 saturated carbocycles. The van der Waals surface area contributed by atoms with E-state index in [2.05, 4.69) is 0 Å². The summed E-state index contributed by atoms with van der Waals surface area (Å²) >= 11 is 0. The van der Waals surface area contributed by atoms with Crippen LogP contribution < -0.4 is 0 Å². The van der Waals surface area contributed by atoms with Crippen LogP contribution in [0.2, 0.25) is 0 Å². The SMILES string of the molecule is CCC1(C(=O)O)CCCN1C(=O)N(C)C1CCCC1. The Morgan fingerprint density at radius 2 is 1.95 bits per heavy atom. The van der Waals surface area contributed by atoms with E-state index in [0.717, 1.165) is 19.3 Å². The molecule has 5 heteroatoms. The van der Waals surface area contributed by atoms with Crippen LogP contribution in [0, 0.1) is 0 Å². The van der Waals surface area contributed by atoms with Gasteiger partial charge in [0.15, 0.2) is 0 Å². The van der Waals surface area contributed by atoms with E-state index in [0.29, 0.717) is 19.4 Å². The molecular formula is C14H24N2O3. The van der Waals surface area contributed by atoms with Crippen molar-refractivity contribution in [3.05, 3.63) is 0 Å². The molecule has 2 rings (SSSR count). The van der Waals surface area contributed by atoms with Gasteiger partial charge in [0.1, 0.15) is 5.54 Å². The molecule has 2 aliphatic rings. The highest BCUT2D eigenvalue weighted by molar-refractivity contribution is 5.87. The third kappa shape index (κ3) is 2.30. The number of hydrogen-bond acceptors (Lipinski definition) is 2. The Balaban J connectivity index is 2.15. The fourth-order valence-corrected chi connectivity index (χ4v) is 3.54. The molecule has 19 heavy (non-hydrogen) atoms. The molecule has 1 atom stereocenters. The van der Waals surface area contributed by atoms with Gasteiger partial charge in [0.25, 0.3) is 0 Å². The zero-order chi connectivity index (χ0) is 14.0. The summed E-state index contributed by atoms with van der Waals surface area (Å²) in [6.07, 6.45) is 6.25. The van der Waals surface area contributed by atoms with Crippen molar-refractivity contribution in [3.63, 3.8) is 0 Å². The first-order chi connectivity index (χ1) is 9.03. The Labute approximate surface area is 114 Å². The third-order valence-corrected chi connectivity index (χ3v) is 4.88. The van der Waals surface area contributed by atoms with Gasteiger partial charge in [-0.15, -0.1) is 0 Å². The lowest BCUT2D eigenvalue weighted by Gasteiger charge is -2.38. The summed E-state index contributed by atoms with van der Waals surface area (Å²) in [5, 5.41) is 9.52. The number of carbonyl (C=O) groups excluding carboxylic acids is 1. The summed E-state index contributed by atoms with van der Waals surface area (Å²) in [6.45, 7) is 2.42. The predicted molar refractivity (Wildman–Crippen MR) is 72.0 cm³/mol. The molecule has 1 aliphatic heterocycles. The number of urea groups is 1. The van der Waals surface area contributed by atoms with Crippen LogP contribution in [0.3, 0.4) is 0 Å². The maximum Gasteiger partial charge on any atom is 0.329 e. The standard InChI is InChI=1S/C14H24N2O3/c1-3-14(12(17)18)9-6-10-16(14)13(19)15(2)11-7-4-5-8-11/h11H,3-10H2,1-2H3,(H,17,18). The summed E-state index contributed by atoms with van der Waals surface area (Å²) in [6, 6.07) is 0.185. The zero-order valence-corrected chi connectivity index (χ0v) is 11.9. The molecule has 108 valence electrons. The second kappa shape index (κ2) is 5.39. The number of carbonyl (C=O) groups is 2. The molecule has 1 aliphatic carbocycles. The van der Waals surface area contributed by atoms with Crippen LogP contribution in [-0.2, 0) is 4.79 Å². The van der Waals surface area contributed by atoms with E-state index < -0.39 is 11.5 Å². The summed E-state index contributed by atoms with van der Waals surface area (Å²) < 4.78 is 0. The number of amides is 2. The van der Waals surface area contributed by atoms with E-state index in [1.165, 1.54) is 12.8 Å². The summed E-state index contributed by atoms with van der Waals surface area (Å²) in [5.74, 6) is -0.860. The van der Waals surface area contributed by atoms with Gasteiger partial charge in [0, 0.05) is 19.6 Å². The molecular weight excluding hydrogens is 244 g/mol. The molecule has 1 heterocycles. The maximum atomic E-state index is 12.6. The van der Waals surface area contributed by atoms with Crippen molar-refractivity contribution in [2.45, 2.75) is 63.5 Å². The van der Waals surface area contributed by atoms with Gasteiger partial charge >= 0.3 is 12.0 Å². The lowest BCUT2D eigenvalue weighted by Crippen LogP contribution is -2.57. The van der Waals surface area contributed by atoms with Crippen molar-refractivity contribution in [1.82, 2.24) is 9.80 Å². The predicted octanol–water partition coefficient (Wildman–Crippen LogP) is 2.31. The number of rotatable bonds is 3. The van der Waals surface area contributed by atoms with Crippen molar-refractivity contribution in [3.8, 4) is 0 Å². The number of carboxylic acid groups (broad SMARTS) is 1. The first-order valence-corrected chi connectivity index (χ1v) is 7.31. The van der Waals surface area contributed by atoms with E-state index >= 15 is 0 Å². The van der Waals surface area contributed by atoms with Gasteiger partial charge in [0.05, 0.1) is 0 Å². The maximum absolute atomic E-state index is 12.6. The summed E-state index contributed by atoms with van der Waals surface area (Å²) in [5.41, 5.74) is -0.982. The molecule has 2 amide bonds. The van der Waals surface area contributed by atoms with Gasteiger partial charge in [0.2, 0.25) is 0 Å². The zero-order valence-electron chi connectivity index (χ0n) is 11.9. The van der Waals surface area contributed by atoms with E-state index in [4.69, 9.17) is 0 Å². The van der Waals surface area contributed by atoms with Crippen LogP contribution in [0.15, 0.2) is 0 Å². The van der Waals surface area contributed by atoms with E-state index in [9.17, 15) is 14.7 Å². The van der Waals surface area contributed by atoms with Crippen molar-refractivity contribution in [2.75, 3.05) is 13.6 Å². The topological polar surface area (TPSA) is 60.9 Å². The van der Waals surface area contributed by atoms with E-state index in [-0.39, 0.29) is 12.1 Å². The summed E-state index contributed by atoms with van der Waals surface area (Å²) in [7, 11) is 1.82. The van der Waals surface area contributed by atoms with Crippen LogP contribution in [0.1, 0.15) is 51.9 Å². The molecule has 0 radical (unpaired) electrons. The van der Waals surface area contributed by atoms with Gasteiger partial charge in [-0.2, -0.15) is 0 Å². The lowest BCUT2D eigenvalue weighted by molar-refractivity contribution is -0.148. The summed E-state index contributed by atoms with van der Waals surface area (Å²) in [4.78, 5) is 27.6. The minimum Gasteiger partial charge on any atom is -0.479 e. The molecule has 1 N–H and O–H groups in total. The van der Waals surface area contributed by atoms with Crippen LogP contribution in [0.5, 0.6) is 0 Å². The van der Waals surface area contributed by atoms with Gasteiger partial charge < -0.3 is 14.9 Å². The van der Waals surface area contributed by atoms with Crippen LogP contribution in [0.25, 0.3) is 0 Å². The molecule has 1 saturated heterocycles. The largest absolute Gasteiger partial charge is 0.479 e. The molecule has 0 bridgehead atoms. The Morgan fingerprint density at radius 1 is 1.32 bits per heavy atom. The van der Waals surface area contributed by atoms with Crippen LogP contribution in [0.4, 0.5) is 4.79 Å². The minimum absolute atomic E-state index is 0.103. The molecule has 0 spiro atoms. The monoisotopic (exact) mass is 268 g/mol. The Kier molecular flexibility index (Phi) is 4.02. The quantitative estimate of drug-likeness (QED) is 0.854. The lowest BCUT2D eigenvalue weighted by atomic mass is 9.93. The number of hydrogen-bond donors (Lipinski definition) is 1. The van der Waals surface area contributed by atoms with Crippen LogP contribution >= 0.6 is 0 Å². The van der Waals surface area contributed by atoms with Gasteiger partial charge in [-0.05, 0) is 32.1 Å². The highest BCUT2D eigenvalue weighted by atomic mass is 16.4. The van der Waals surface area contributed by atoms with Gasteiger partial charge in [-0.3, -0.25) is 0 Å². The number of aliphatic carboxylic acids is 1. The average Bonchev–Trinajstić information content (AvgIpc) is 3.06. The Hall–Kier alpha value is -1.26. The van der Waals surface area contributed by atoms with Crippen molar-refractivity contribution in [1.29, 1.82) is 0 Å². The highest BCUT2D eigenvalue weighted by Gasteiger charge is 2.49. The van der Waals surface area contributed by atoms with Gasteiger partial charge in [-0.1, -0.05) is 19.8 Å². The number of nitrogens with zero attached hydrogens (tertiary/aromatic N) is 2. The first kappa shape index (κ1) is 14.2. The molecule has 0 aromatic rings. The van der Waals surface area contributed by atoms with Crippen molar-refractivity contribution < 1.29 is 14.7 Å². The molecule has 0 aromatic heterocycles. The second-order valence-corrected chi connectivity index (χ2v) is 5.78. The highest BCUT2D eigenvalue weighted by Crippen LogP contribution is 2.34. The average molecular weight is 268 g/mol. The fraction of sp³-hybridized carbons (Fsp3) is 0.857. The molecule has 2 fully saturated rings. The van der Waals surface area contributed by atoms with E-state index in [1.54, 1.807) is 9.80 Å². The normalized spacial score (nSPS) is 27.8. The van der Waals surface area contributed by atoms with Crippen molar-refractivity contribution >= 4 is 12.0 Å². The number of likely N-dealkylation sites (tertiary alicyclic amines) is 1. The smallest absolute Gasteiger partial charge is 0.329 e. The van der Waals surface area contributed by atoms with Gasteiger partial charge in [-0.25, -0.2) is 9.59 Å².